The normalized spacial score (nSPS) is 10.3. The fourth-order valence-corrected chi connectivity index (χ4v) is 1.97. The van der Waals surface area contributed by atoms with Gasteiger partial charge in [-0.25, -0.2) is 4.79 Å². The largest absolute Gasteiger partial charge is 0.494 e. The van der Waals surface area contributed by atoms with Crippen LogP contribution in [0.2, 0.25) is 0 Å². The minimum absolute atomic E-state index is 0.246. The SMILES string of the molecule is CCOc1ccc(-n2c(C)ccc(C(=O)O)c2=O)cc1. The van der Waals surface area contributed by atoms with Crippen molar-refractivity contribution in [3.8, 4) is 11.4 Å². The van der Waals surface area contributed by atoms with Gasteiger partial charge in [-0.05, 0) is 50.2 Å². The first-order valence-corrected chi connectivity index (χ1v) is 6.23. The molecule has 1 aromatic carbocycles. The molecule has 0 aliphatic carbocycles. The van der Waals surface area contributed by atoms with Gasteiger partial charge in [0.15, 0.2) is 0 Å². The van der Waals surface area contributed by atoms with E-state index in [9.17, 15) is 9.59 Å². The standard InChI is InChI=1S/C15H15NO4/c1-3-20-12-7-5-11(6-8-12)16-10(2)4-9-13(14(16)17)15(18)19/h4-9H,3H2,1-2H3,(H,18,19). The minimum atomic E-state index is -1.23. The summed E-state index contributed by atoms with van der Waals surface area (Å²) in [5, 5.41) is 9.01. The zero-order chi connectivity index (χ0) is 14.7. The summed E-state index contributed by atoms with van der Waals surface area (Å²) >= 11 is 0. The third kappa shape index (κ3) is 2.56. The third-order valence-corrected chi connectivity index (χ3v) is 2.91. The molecule has 20 heavy (non-hydrogen) atoms. The number of aryl methyl sites for hydroxylation is 1. The van der Waals surface area contributed by atoms with Gasteiger partial charge >= 0.3 is 5.97 Å². The minimum Gasteiger partial charge on any atom is -0.494 e. The van der Waals surface area contributed by atoms with E-state index in [4.69, 9.17) is 9.84 Å². The molecule has 0 spiro atoms. The molecule has 1 heterocycles. The van der Waals surface area contributed by atoms with Crippen molar-refractivity contribution in [2.45, 2.75) is 13.8 Å². The Labute approximate surface area is 116 Å². The highest BCUT2D eigenvalue weighted by molar-refractivity contribution is 5.87. The second-order valence-corrected chi connectivity index (χ2v) is 4.26. The quantitative estimate of drug-likeness (QED) is 0.927. The monoisotopic (exact) mass is 273 g/mol. The summed E-state index contributed by atoms with van der Waals surface area (Å²) in [5.74, 6) is -0.522. The molecular formula is C15H15NO4. The molecular weight excluding hydrogens is 258 g/mol. The number of hydrogen-bond acceptors (Lipinski definition) is 3. The summed E-state index contributed by atoms with van der Waals surface area (Å²) in [7, 11) is 0. The third-order valence-electron chi connectivity index (χ3n) is 2.91. The molecule has 5 heteroatoms. The first-order valence-electron chi connectivity index (χ1n) is 6.23. The van der Waals surface area contributed by atoms with E-state index in [1.54, 1.807) is 37.3 Å². The Bertz CT molecular complexity index is 686. The van der Waals surface area contributed by atoms with E-state index in [-0.39, 0.29) is 5.56 Å². The Kier molecular flexibility index (Phi) is 3.89. The number of carbonyl (C=O) groups is 1. The zero-order valence-electron chi connectivity index (χ0n) is 11.3. The summed E-state index contributed by atoms with van der Waals surface area (Å²) < 4.78 is 6.71. The lowest BCUT2D eigenvalue weighted by Gasteiger charge is -2.11. The van der Waals surface area contributed by atoms with Gasteiger partial charge in [-0.2, -0.15) is 0 Å². The number of nitrogens with zero attached hydrogens (tertiary/aromatic N) is 1. The maximum atomic E-state index is 12.2. The van der Waals surface area contributed by atoms with Crippen LogP contribution in [0.15, 0.2) is 41.2 Å². The topological polar surface area (TPSA) is 68.5 Å². The smallest absolute Gasteiger partial charge is 0.341 e. The van der Waals surface area contributed by atoms with Gasteiger partial charge in [-0.15, -0.1) is 0 Å². The Hall–Kier alpha value is -2.56. The molecule has 2 aromatic rings. The lowest BCUT2D eigenvalue weighted by Crippen LogP contribution is -2.26. The van der Waals surface area contributed by atoms with E-state index in [0.717, 1.165) is 0 Å². The number of carboxylic acid groups (broad SMARTS) is 1. The van der Waals surface area contributed by atoms with Crippen molar-refractivity contribution in [2.24, 2.45) is 0 Å². The van der Waals surface area contributed by atoms with Crippen molar-refractivity contribution >= 4 is 5.97 Å². The molecule has 2 rings (SSSR count). The van der Waals surface area contributed by atoms with Crippen molar-refractivity contribution in [3.63, 3.8) is 0 Å². The maximum absolute atomic E-state index is 12.2. The molecule has 0 radical (unpaired) electrons. The molecule has 1 N–H and O–H groups in total. The summed E-state index contributed by atoms with van der Waals surface area (Å²) in [6, 6.07) is 9.89. The van der Waals surface area contributed by atoms with Crippen molar-refractivity contribution in [3.05, 3.63) is 58.0 Å². The van der Waals surface area contributed by atoms with Crippen LogP contribution in [0.3, 0.4) is 0 Å². The number of ether oxygens (including phenoxy) is 1. The first-order chi connectivity index (χ1) is 9.54. The van der Waals surface area contributed by atoms with Gasteiger partial charge in [0.2, 0.25) is 0 Å². The molecule has 0 amide bonds. The van der Waals surface area contributed by atoms with Gasteiger partial charge in [-0.1, -0.05) is 0 Å². The summed E-state index contributed by atoms with van der Waals surface area (Å²) in [6.45, 7) is 4.20. The number of hydrogen-bond donors (Lipinski definition) is 1. The van der Waals surface area contributed by atoms with Crippen LogP contribution in [-0.2, 0) is 0 Å². The molecule has 0 saturated carbocycles. The van der Waals surface area contributed by atoms with E-state index in [2.05, 4.69) is 0 Å². The van der Waals surface area contributed by atoms with E-state index >= 15 is 0 Å². The lowest BCUT2D eigenvalue weighted by atomic mass is 10.2. The Balaban J connectivity index is 2.54. The van der Waals surface area contributed by atoms with Crippen LogP contribution in [0.1, 0.15) is 23.0 Å². The number of rotatable bonds is 4. The van der Waals surface area contributed by atoms with Crippen LogP contribution in [0.5, 0.6) is 5.75 Å². The van der Waals surface area contributed by atoms with Crippen LogP contribution in [0.25, 0.3) is 5.69 Å². The zero-order valence-corrected chi connectivity index (χ0v) is 11.3. The molecule has 0 saturated heterocycles. The summed E-state index contributed by atoms with van der Waals surface area (Å²) in [5.41, 5.74) is 0.495. The first kappa shape index (κ1) is 13.9. The number of aromatic carboxylic acids is 1. The fraction of sp³-hybridized carbons (Fsp3) is 0.200. The predicted molar refractivity (Wildman–Crippen MR) is 74.9 cm³/mol. The summed E-state index contributed by atoms with van der Waals surface area (Å²) in [6.07, 6.45) is 0. The van der Waals surface area contributed by atoms with Gasteiger partial charge in [0, 0.05) is 11.4 Å². The highest BCUT2D eigenvalue weighted by Crippen LogP contribution is 2.15. The van der Waals surface area contributed by atoms with E-state index < -0.39 is 11.5 Å². The number of pyridine rings is 1. The van der Waals surface area contributed by atoms with Crippen LogP contribution in [0, 0.1) is 6.92 Å². The Morgan fingerprint density at radius 2 is 1.85 bits per heavy atom. The molecule has 0 aliphatic rings. The molecule has 1 aromatic heterocycles. The van der Waals surface area contributed by atoms with Crippen LogP contribution >= 0.6 is 0 Å². The second kappa shape index (κ2) is 5.61. The molecule has 0 bridgehead atoms. The average molecular weight is 273 g/mol. The van der Waals surface area contributed by atoms with Gasteiger partial charge in [0.1, 0.15) is 11.3 Å². The Morgan fingerprint density at radius 3 is 2.40 bits per heavy atom. The van der Waals surface area contributed by atoms with Crippen molar-refractivity contribution < 1.29 is 14.6 Å². The highest BCUT2D eigenvalue weighted by Gasteiger charge is 2.13. The highest BCUT2D eigenvalue weighted by atomic mass is 16.5. The summed E-state index contributed by atoms with van der Waals surface area (Å²) in [4.78, 5) is 23.2. The van der Waals surface area contributed by atoms with Gasteiger partial charge in [0.25, 0.3) is 5.56 Å². The number of carboxylic acids is 1. The lowest BCUT2D eigenvalue weighted by molar-refractivity contribution is 0.0694. The van der Waals surface area contributed by atoms with Crippen LogP contribution in [-0.4, -0.2) is 22.2 Å². The van der Waals surface area contributed by atoms with Gasteiger partial charge < -0.3 is 9.84 Å². The van der Waals surface area contributed by atoms with E-state index in [1.807, 2.05) is 6.92 Å². The van der Waals surface area contributed by atoms with Crippen molar-refractivity contribution in [1.29, 1.82) is 0 Å². The average Bonchev–Trinajstić information content (AvgIpc) is 2.40. The van der Waals surface area contributed by atoms with Crippen molar-refractivity contribution in [1.82, 2.24) is 4.57 Å². The molecule has 0 aliphatic heterocycles. The number of benzene rings is 1. The Morgan fingerprint density at radius 1 is 1.20 bits per heavy atom. The maximum Gasteiger partial charge on any atom is 0.341 e. The fourth-order valence-electron chi connectivity index (χ4n) is 1.97. The molecule has 5 nitrogen and oxygen atoms in total. The van der Waals surface area contributed by atoms with Gasteiger partial charge in [-0.3, -0.25) is 9.36 Å². The van der Waals surface area contributed by atoms with Crippen LogP contribution in [0.4, 0.5) is 0 Å². The van der Waals surface area contributed by atoms with Gasteiger partial charge in [0.05, 0.1) is 6.61 Å². The molecule has 0 atom stereocenters. The molecule has 0 unspecified atom stereocenters. The predicted octanol–water partition coefficient (Wildman–Crippen LogP) is 2.24. The van der Waals surface area contributed by atoms with E-state index in [0.29, 0.717) is 23.7 Å². The molecule has 104 valence electrons. The van der Waals surface area contributed by atoms with Crippen molar-refractivity contribution in [2.75, 3.05) is 6.61 Å². The molecule has 0 fully saturated rings. The second-order valence-electron chi connectivity index (χ2n) is 4.26. The number of aromatic nitrogens is 1. The van der Waals surface area contributed by atoms with Crippen LogP contribution < -0.4 is 10.3 Å². The van der Waals surface area contributed by atoms with E-state index in [1.165, 1.54) is 10.6 Å².